The molecule has 4 N–H and O–H groups in total. The molecule has 3 amide bonds. The predicted octanol–water partition coefficient (Wildman–Crippen LogP) is 3.84. The van der Waals surface area contributed by atoms with Crippen LogP contribution in [0.15, 0.2) is 48.5 Å². The maximum Gasteiger partial charge on any atom is 0.408 e. The molecule has 0 aliphatic rings. The number of alkyl carbamates (subject to hydrolysis) is 1. The summed E-state index contributed by atoms with van der Waals surface area (Å²) >= 11 is 0. The van der Waals surface area contributed by atoms with Crippen molar-refractivity contribution >= 4 is 23.6 Å². The second kappa shape index (κ2) is 13.7. The van der Waals surface area contributed by atoms with Crippen LogP contribution in [0.3, 0.4) is 0 Å². The number of phenolic OH excluding ortho intramolecular Hbond substituents is 1. The Balaban J connectivity index is 2.49. The Morgan fingerprint density at radius 1 is 1.08 bits per heavy atom. The normalized spacial score (nSPS) is 13.6. The highest BCUT2D eigenvalue weighted by molar-refractivity contribution is 5.99. The number of nitrogens with zero attached hydrogens (tertiary/aromatic N) is 1. The Kier molecular flexibility index (Phi) is 10.9. The molecule has 3 unspecified atom stereocenters. The Morgan fingerprint density at radius 3 is 2.26 bits per heavy atom. The molecule has 208 valence electrons. The molecule has 0 saturated heterocycles. The van der Waals surface area contributed by atoms with Crippen molar-refractivity contribution in [1.29, 1.82) is 0 Å². The van der Waals surface area contributed by atoms with Gasteiger partial charge in [-0.05, 0) is 68.7 Å². The third-order valence-corrected chi connectivity index (χ3v) is 5.88. The topological polar surface area (TPSA) is 137 Å². The van der Waals surface area contributed by atoms with Gasteiger partial charge in [0.05, 0.1) is 13.7 Å². The lowest BCUT2D eigenvalue weighted by Crippen LogP contribution is -2.55. The van der Waals surface area contributed by atoms with Crippen molar-refractivity contribution in [2.24, 2.45) is 5.92 Å². The van der Waals surface area contributed by atoms with Gasteiger partial charge in [-0.1, -0.05) is 32.4 Å². The van der Waals surface area contributed by atoms with Crippen LogP contribution in [0.4, 0.5) is 10.5 Å². The Labute approximate surface area is 223 Å². The maximum absolute atomic E-state index is 14.0. The van der Waals surface area contributed by atoms with Gasteiger partial charge in [-0.25, -0.2) is 4.79 Å². The maximum atomic E-state index is 14.0. The van der Waals surface area contributed by atoms with Gasteiger partial charge in [-0.15, -0.1) is 0 Å². The van der Waals surface area contributed by atoms with E-state index in [1.54, 1.807) is 64.1 Å². The van der Waals surface area contributed by atoms with Crippen molar-refractivity contribution < 1.29 is 34.1 Å². The number of benzene rings is 2. The SMILES string of the molecule is CCC(C)C(NC(=O)OC(C)(C)C)C(=O)N(CCO)C(C(=O)Nc1ccc(OC)cc1)c1cccc(O)c1. The number of anilines is 1. The largest absolute Gasteiger partial charge is 0.508 e. The van der Waals surface area contributed by atoms with Crippen LogP contribution in [0.25, 0.3) is 0 Å². The molecule has 0 spiro atoms. The van der Waals surface area contributed by atoms with Gasteiger partial charge in [0.1, 0.15) is 29.2 Å². The average molecular weight is 530 g/mol. The van der Waals surface area contributed by atoms with Gasteiger partial charge in [0.2, 0.25) is 5.91 Å². The van der Waals surface area contributed by atoms with Crippen LogP contribution in [0, 0.1) is 5.92 Å². The first-order valence-electron chi connectivity index (χ1n) is 12.5. The van der Waals surface area contributed by atoms with E-state index in [9.17, 15) is 24.6 Å². The summed E-state index contributed by atoms with van der Waals surface area (Å²) in [4.78, 5) is 41.4. The predicted molar refractivity (Wildman–Crippen MR) is 144 cm³/mol. The highest BCUT2D eigenvalue weighted by Crippen LogP contribution is 2.28. The second-order valence-corrected chi connectivity index (χ2v) is 9.98. The quantitative estimate of drug-likeness (QED) is 0.347. The molecule has 0 aliphatic carbocycles. The van der Waals surface area contributed by atoms with Crippen LogP contribution in [-0.4, -0.2) is 64.9 Å². The molecule has 0 fully saturated rings. The molecule has 2 aromatic rings. The fourth-order valence-corrected chi connectivity index (χ4v) is 3.82. The van der Waals surface area contributed by atoms with E-state index in [0.717, 1.165) is 0 Å². The highest BCUT2D eigenvalue weighted by Gasteiger charge is 2.38. The standard InChI is InChI=1S/C28H39N3O7/c1-7-18(2)23(30-27(36)38-28(3,4)5)26(35)31(15-16-32)24(19-9-8-10-21(33)17-19)25(34)29-20-11-13-22(37-6)14-12-20/h8-14,17-18,23-24,32-33H,7,15-16H2,1-6H3,(H,29,34)(H,30,36). The molecule has 0 saturated carbocycles. The minimum absolute atomic E-state index is 0.0912. The van der Waals surface area contributed by atoms with Gasteiger partial charge in [0.25, 0.3) is 5.91 Å². The number of hydrogen-bond donors (Lipinski definition) is 4. The first kappa shape index (κ1) is 30.4. The molecule has 0 bridgehead atoms. The molecule has 0 radical (unpaired) electrons. The lowest BCUT2D eigenvalue weighted by molar-refractivity contribution is -0.142. The molecule has 38 heavy (non-hydrogen) atoms. The molecular formula is C28H39N3O7. The summed E-state index contributed by atoms with van der Waals surface area (Å²) in [5.41, 5.74) is 0.0148. The highest BCUT2D eigenvalue weighted by atomic mass is 16.6. The summed E-state index contributed by atoms with van der Waals surface area (Å²) in [5.74, 6) is -0.938. The monoisotopic (exact) mass is 529 g/mol. The molecule has 2 rings (SSSR count). The third kappa shape index (κ3) is 8.65. The smallest absolute Gasteiger partial charge is 0.408 e. The number of hydrogen-bond acceptors (Lipinski definition) is 7. The third-order valence-electron chi connectivity index (χ3n) is 5.88. The number of aliphatic hydroxyl groups is 1. The van der Waals surface area contributed by atoms with Crippen LogP contribution in [0.2, 0.25) is 0 Å². The zero-order valence-electron chi connectivity index (χ0n) is 22.9. The number of aliphatic hydroxyl groups excluding tert-OH is 1. The summed E-state index contributed by atoms with van der Waals surface area (Å²) in [7, 11) is 1.53. The Morgan fingerprint density at radius 2 is 1.74 bits per heavy atom. The van der Waals surface area contributed by atoms with E-state index < -0.39 is 42.2 Å². The van der Waals surface area contributed by atoms with Crippen LogP contribution in [0.1, 0.15) is 52.6 Å². The fraction of sp³-hybridized carbons (Fsp3) is 0.464. The number of carbonyl (C=O) groups excluding carboxylic acids is 3. The van der Waals surface area contributed by atoms with Crippen molar-refractivity contribution in [3.63, 3.8) is 0 Å². The number of ether oxygens (including phenoxy) is 2. The zero-order chi connectivity index (χ0) is 28.5. The van der Waals surface area contributed by atoms with Crippen molar-refractivity contribution in [1.82, 2.24) is 10.2 Å². The van der Waals surface area contributed by atoms with Gasteiger partial charge in [0, 0.05) is 12.2 Å². The average Bonchev–Trinajstić information content (AvgIpc) is 2.85. The molecular weight excluding hydrogens is 490 g/mol. The number of phenols is 1. The Bertz CT molecular complexity index is 1080. The minimum atomic E-state index is -1.23. The van der Waals surface area contributed by atoms with Crippen molar-refractivity contribution in [3.8, 4) is 11.5 Å². The summed E-state index contributed by atoms with van der Waals surface area (Å²) in [6, 6.07) is 10.4. The van der Waals surface area contributed by atoms with Crippen LogP contribution in [-0.2, 0) is 14.3 Å². The summed E-state index contributed by atoms with van der Waals surface area (Å²) in [6.45, 7) is 8.19. The second-order valence-electron chi connectivity index (χ2n) is 9.98. The van der Waals surface area contributed by atoms with E-state index in [1.165, 1.54) is 24.1 Å². The lowest BCUT2D eigenvalue weighted by atomic mass is 9.95. The van der Waals surface area contributed by atoms with E-state index in [4.69, 9.17) is 9.47 Å². The Hall–Kier alpha value is -3.79. The van der Waals surface area contributed by atoms with E-state index in [-0.39, 0.29) is 18.2 Å². The first-order valence-corrected chi connectivity index (χ1v) is 12.5. The van der Waals surface area contributed by atoms with Gasteiger partial charge < -0.3 is 35.2 Å². The number of rotatable bonds is 11. The van der Waals surface area contributed by atoms with Gasteiger partial charge in [0.15, 0.2) is 0 Å². The molecule has 10 nitrogen and oxygen atoms in total. The summed E-state index contributed by atoms with van der Waals surface area (Å²) < 4.78 is 10.5. The van der Waals surface area contributed by atoms with Crippen LogP contribution in [0.5, 0.6) is 11.5 Å². The summed E-state index contributed by atoms with van der Waals surface area (Å²) in [6.07, 6.45) is -0.217. The van der Waals surface area contributed by atoms with Gasteiger partial charge >= 0.3 is 6.09 Å². The molecule has 2 aromatic carbocycles. The zero-order valence-corrected chi connectivity index (χ0v) is 22.9. The van der Waals surface area contributed by atoms with E-state index >= 15 is 0 Å². The minimum Gasteiger partial charge on any atom is -0.508 e. The van der Waals surface area contributed by atoms with Crippen LogP contribution >= 0.6 is 0 Å². The molecule has 0 aromatic heterocycles. The van der Waals surface area contributed by atoms with Gasteiger partial charge in [-0.2, -0.15) is 0 Å². The number of amides is 3. The van der Waals surface area contributed by atoms with Gasteiger partial charge in [-0.3, -0.25) is 9.59 Å². The van der Waals surface area contributed by atoms with Crippen molar-refractivity contribution in [2.75, 3.05) is 25.6 Å². The fourth-order valence-electron chi connectivity index (χ4n) is 3.82. The van der Waals surface area contributed by atoms with Crippen molar-refractivity contribution in [2.45, 2.75) is 58.7 Å². The molecule has 0 heterocycles. The number of carbonyl (C=O) groups is 3. The van der Waals surface area contributed by atoms with E-state index in [1.807, 2.05) is 6.92 Å². The summed E-state index contributed by atoms with van der Waals surface area (Å²) in [5, 5.41) is 25.5. The van der Waals surface area contributed by atoms with Crippen molar-refractivity contribution in [3.05, 3.63) is 54.1 Å². The number of aromatic hydroxyl groups is 1. The molecule has 3 atom stereocenters. The number of nitrogens with one attached hydrogen (secondary N) is 2. The lowest BCUT2D eigenvalue weighted by Gasteiger charge is -2.35. The number of methoxy groups -OCH3 is 1. The van der Waals surface area contributed by atoms with E-state index in [0.29, 0.717) is 23.4 Å². The first-order chi connectivity index (χ1) is 17.9. The molecule has 0 aliphatic heterocycles. The molecule has 10 heteroatoms. The van der Waals surface area contributed by atoms with E-state index in [2.05, 4.69) is 10.6 Å². The van der Waals surface area contributed by atoms with Crippen LogP contribution < -0.4 is 15.4 Å².